The van der Waals surface area contributed by atoms with Crippen molar-refractivity contribution in [2.45, 2.75) is 31.0 Å². The predicted octanol–water partition coefficient (Wildman–Crippen LogP) is 5.77. The van der Waals surface area contributed by atoms with Gasteiger partial charge in [0.1, 0.15) is 17.3 Å². The van der Waals surface area contributed by atoms with Gasteiger partial charge in [-0.2, -0.15) is 0 Å². The summed E-state index contributed by atoms with van der Waals surface area (Å²) in [5.74, 6) is 3.52. The van der Waals surface area contributed by atoms with Crippen molar-refractivity contribution in [1.29, 1.82) is 0 Å². The Balaban J connectivity index is 1.39. The minimum atomic E-state index is -0.154. The molecule has 2 aromatic heterocycles. The number of thioether (sulfide) groups is 1. The summed E-state index contributed by atoms with van der Waals surface area (Å²) in [4.78, 5) is 18.2. The molecular weight excluding hydrogens is 396 g/mol. The molecule has 0 aliphatic rings. The first kappa shape index (κ1) is 20.0. The van der Waals surface area contributed by atoms with E-state index in [0.717, 1.165) is 34.3 Å². The van der Waals surface area contributed by atoms with Gasteiger partial charge < -0.3 is 14.2 Å². The fourth-order valence-electron chi connectivity index (χ4n) is 2.97. The van der Waals surface area contributed by atoms with Crippen LogP contribution in [0.25, 0.3) is 11.5 Å². The topological polar surface area (TPSA) is 68.3 Å². The van der Waals surface area contributed by atoms with Crippen LogP contribution in [0.4, 0.5) is 0 Å². The second-order valence-corrected chi connectivity index (χ2v) is 7.94. The van der Waals surface area contributed by atoms with Crippen LogP contribution in [0.1, 0.15) is 33.3 Å². The van der Waals surface area contributed by atoms with Gasteiger partial charge in [-0.1, -0.05) is 18.2 Å². The fourth-order valence-corrected chi connectivity index (χ4v) is 3.89. The zero-order valence-corrected chi connectivity index (χ0v) is 17.7. The van der Waals surface area contributed by atoms with E-state index in [1.807, 2.05) is 56.3 Å². The lowest BCUT2D eigenvalue weighted by atomic mass is 10.1. The number of rotatable bonds is 7. The van der Waals surface area contributed by atoms with E-state index < -0.39 is 0 Å². The second kappa shape index (κ2) is 9.05. The molecule has 1 N–H and O–H groups in total. The lowest BCUT2D eigenvalue weighted by Crippen LogP contribution is -2.22. The van der Waals surface area contributed by atoms with Gasteiger partial charge in [0.2, 0.25) is 5.89 Å². The molecule has 4 rings (SSSR count). The normalized spacial score (nSPS) is 10.9. The number of hydrogen-bond acceptors (Lipinski definition) is 5. The SMILES string of the molecule is Cc1ccc(CNC(=O)c2ccc(-c3nc(CSc4ccccc4)c(C)o3)cc2)o1. The van der Waals surface area contributed by atoms with E-state index in [9.17, 15) is 4.79 Å². The molecular formula is C24H22N2O3S. The number of furan rings is 1. The number of benzene rings is 2. The minimum Gasteiger partial charge on any atom is -0.465 e. The monoisotopic (exact) mass is 418 g/mol. The molecule has 0 radical (unpaired) electrons. The zero-order valence-electron chi connectivity index (χ0n) is 16.8. The van der Waals surface area contributed by atoms with Gasteiger partial charge in [-0.15, -0.1) is 11.8 Å². The smallest absolute Gasteiger partial charge is 0.251 e. The maximum absolute atomic E-state index is 12.4. The van der Waals surface area contributed by atoms with E-state index >= 15 is 0 Å². The van der Waals surface area contributed by atoms with Gasteiger partial charge in [-0.05, 0) is 62.4 Å². The number of amides is 1. The molecule has 0 spiro atoms. The van der Waals surface area contributed by atoms with Crippen molar-refractivity contribution in [3.63, 3.8) is 0 Å². The standard InChI is InChI=1S/C24H22N2O3S/c1-16-8-13-20(28-16)14-25-23(27)18-9-11-19(12-10-18)24-26-22(17(2)29-24)15-30-21-6-4-3-5-7-21/h3-13H,14-15H2,1-2H3,(H,25,27). The summed E-state index contributed by atoms with van der Waals surface area (Å²) in [6, 6.07) is 21.2. The van der Waals surface area contributed by atoms with Crippen molar-refractivity contribution in [3.8, 4) is 11.5 Å². The number of carbonyl (C=O) groups is 1. The van der Waals surface area contributed by atoms with Crippen molar-refractivity contribution >= 4 is 17.7 Å². The molecule has 152 valence electrons. The summed E-state index contributed by atoms with van der Waals surface area (Å²) in [6.07, 6.45) is 0. The summed E-state index contributed by atoms with van der Waals surface area (Å²) >= 11 is 1.72. The van der Waals surface area contributed by atoms with E-state index in [2.05, 4.69) is 22.4 Å². The summed E-state index contributed by atoms with van der Waals surface area (Å²) in [7, 11) is 0. The molecule has 2 heterocycles. The number of oxazole rings is 1. The molecule has 0 saturated carbocycles. The molecule has 5 nitrogen and oxygen atoms in total. The number of hydrogen-bond donors (Lipinski definition) is 1. The number of carbonyl (C=O) groups excluding carboxylic acids is 1. The maximum atomic E-state index is 12.4. The van der Waals surface area contributed by atoms with Crippen LogP contribution in [-0.2, 0) is 12.3 Å². The highest BCUT2D eigenvalue weighted by Crippen LogP contribution is 2.27. The third-order valence-corrected chi connectivity index (χ3v) is 5.65. The van der Waals surface area contributed by atoms with Crippen LogP contribution in [0.3, 0.4) is 0 Å². The van der Waals surface area contributed by atoms with Crippen LogP contribution in [0.2, 0.25) is 0 Å². The third kappa shape index (κ3) is 4.83. The zero-order chi connectivity index (χ0) is 20.9. The quantitative estimate of drug-likeness (QED) is 0.386. The Kier molecular flexibility index (Phi) is 6.05. The average Bonchev–Trinajstić information content (AvgIpc) is 3.36. The van der Waals surface area contributed by atoms with Gasteiger partial charge in [-0.25, -0.2) is 4.98 Å². The van der Waals surface area contributed by atoms with E-state index in [4.69, 9.17) is 8.83 Å². The van der Waals surface area contributed by atoms with Crippen molar-refractivity contribution < 1.29 is 13.6 Å². The lowest BCUT2D eigenvalue weighted by Gasteiger charge is -2.04. The number of nitrogens with one attached hydrogen (secondary N) is 1. The van der Waals surface area contributed by atoms with E-state index in [1.54, 1.807) is 23.9 Å². The summed E-state index contributed by atoms with van der Waals surface area (Å²) in [6.45, 7) is 4.16. The predicted molar refractivity (Wildman–Crippen MR) is 117 cm³/mol. The van der Waals surface area contributed by atoms with Crippen molar-refractivity contribution in [2.75, 3.05) is 0 Å². The second-order valence-electron chi connectivity index (χ2n) is 6.90. The maximum Gasteiger partial charge on any atom is 0.251 e. The van der Waals surface area contributed by atoms with Crippen LogP contribution in [0.15, 0.2) is 80.5 Å². The molecule has 4 aromatic rings. The number of aromatic nitrogens is 1. The molecule has 0 saturated heterocycles. The fraction of sp³-hybridized carbons (Fsp3) is 0.167. The van der Waals surface area contributed by atoms with Gasteiger partial charge in [-0.3, -0.25) is 4.79 Å². The Labute approximate surface area is 179 Å². The summed E-state index contributed by atoms with van der Waals surface area (Å²) in [5.41, 5.74) is 2.34. The molecule has 1 amide bonds. The highest BCUT2D eigenvalue weighted by molar-refractivity contribution is 7.98. The Bertz CT molecular complexity index is 1130. The molecule has 0 aliphatic heterocycles. The molecule has 0 fully saturated rings. The molecule has 0 atom stereocenters. The largest absolute Gasteiger partial charge is 0.465 e. The molecule has 30 heavy (non-hydrogen) atoms. The Hall–Kier alpha value is -3.25. The van der Waals surface area contributed by atoms with Gasteiger partial charge in [0, 0.05) is 21.8 Å². The number of nitrogens with zero attached hydrogens (tertiary/aromatic N) is 1. The third-order valence-electron chi connectivity index (χ3n) is 4.62. The molecule has 0 bridgehead atoms. The van der Waals surface area contributed by atoms with Crippen LogP contribution in [0.5, 0.6) is 0 Å². The summed E-state index contributed by atoms with van der Waals surface area (Å²) in [5, 5.41) is 2.86. The first-order valence-electron chi connectivity index (χ1n) is 9.66. The van der Waals surface area contributed by atoms with E-state index in [0.29, 0.717) is 18.0 Å². The van der Waals surface area contributed by atoms with Crippen molar-refractivity contribution in [2.24, 2.45) is 0 Å². The average molecular weight is 419 g/mol. The Morgan fingerprint density at radius 3 is 2.43 bits per heavy atom. The van der Waals surface area contributed by atoms with Crippen LogP contribution >= 0.6 is 11.8 Å². The van der Waals surface area contributed by atoms with Gasteiger partial charge in [0.25, 0.3) is 5.91 Å². The van der Waals surface area contributed by atoms with E-state index in [1.165, 1.54) is 4.90 Å². The molecule has 2 aromatic carbocycles. The molecule has 0 aliphatic carbocycles. The molecule has 6 heteroatoms. The lowest BCUT2D eigenvalue weighted by molar-refractivity contribution is 0.0948. The summed E-state index contributed by atoms with van der Waals surface area (Å²) < 4.78 is 11.3. The first-order chi connectivity index (χ1) is 14.6. The molecule has 0 unspecified atom stereocenters. The Morgan fingerprint density at radius 1 is 0.967 bits per heavy atom. The first-order valence-corrected chi connectivity index (χ1v) is 10.6. The van der Waals surface area contributed by atoms with Crippen molar-refractivity contribution in [1.82, 2.24) is 10.3 Å². The highest BCUT2D eigenvalue weighted by Gasteiger charge is 2.13. The van der Waals surface area contributed by atoms with Crippen LogP contribution in [0, 0.1) is 13.8 Å². The van der Waals surface area contributed by atoms with Gasteiger partial charge >= 0.3 is 0 Å². The van der Waals surface area contributed by atoms with Gasteiger partial charge in [0.05, 0.1) is 12.2 Å². The van der Waals surface area contributed by atoms with E-state index in [-0.39, 0.29) is 5.91 Å². The van der Waals surface area contributed by atoms with Crippen molar-refractivity contribution in [3.05, 3.63) is 95.3 Å². The number of aryl methyl sites for hydroxylation is 2. The Morgan fingerprint density at radius 2 is 1.73 bits per heavy atom. The minimum absolute atomic E-state index is 0.154. The van der Waals surface area contributed by atoms with Gasteiger partial charge in [0.15, 0.2) is 0 Å². The van der Waals surface area contributed by atoms with Crippen LogP contribution in [-0.4, -0.2) is 10.9 Å². The van der Waals surface area contributed by atoms with Crippen LogP contribution < -0.4 is 5.32 Å². The highest BCUT2D eigenvalue weighted by atomic mass is 32.2.